The molecule has 0 radical (unpaired) electrons. The van der Waals surface area contributed by atoms with Gasteiger partial charge in [0.2, 0.25) is 5.91 Å². The van der Waals surface area contributed by atoms with E-state index in [4.69, 9.17) is 5.11 Å². The van der Waals surface area contributed by atoms with Gasteiger partial charge in [-0.1, -0.05) is 0 Å². The summed E-state index contributed by atoms with van der Waals surface area (Å²) in [7, 11) is 1.81. The van der Waals surface area contributed by atoms with Crippen molar-refractivity contribution < 1.29 is 14.7 Å². The second-order valence-corrected chi connectivity index (χ2v) is 5.75. The predicted octanol–water partition coefficient (Wildman–Crippen LogP) is 1.76. The number of hydrogen-bond acceptors (Lipinski definition) is 4. The van der Waals surface area contributed by atoms with Crippen molar-refractivity contribution >= 4 is 29.3 Å². The van der Waals surface area contributed by atoms with Crippen LogP contribution in [0.5, 0.6) is 0 Å². The molecule has 0 bridgehead atoms. The van der Waals surface area contributed by atoms with Gasteiger partial charge in [-0.05, 0) is 24.3 Å². The minimum absolute atomic E-state index is 0.0410. The minimum Gasteiger partial charge on any atom is -0.478 e. The third-order valence-corrected chi connectivity index (χ3v) is 4.29. The number of anilines is 1. The van der Waals surface area contributed by atoms with Gasteiger partial charge in [0.25, 0.3) is 0 Å². The highest BCUT2D eigenvalue weighted by Crippen LogP contribution is 2.36. The molecule has 1 aliphatic rings. The maximum Gasteiger partial charge on any atom is 0.335 e. The van der Waals surface area contributed by atoms with E-state index in [0.717, 1.165) is 10.6 Å². The first kappa shape index (κ1) is 13.7. The number of thioether (sulfide) groups is 1. The summed E-state index contributed by atoms with van der Waals surface area (Å²) < 4.78 is 1.67. The van der Waals surface area contributed by atoms with Gasteiger partial charge < -0.3 is 10.0 Å². The van der Waals surface area contributed by atoms with Gasteiger partial charge in [0, 0.05) is 18.1 Å². The van der Waals surface area contributed by atoms with Crippen molar-refractivity contribution in [3.8, 4) is 0 Å². The molecule has 0 saturated heterocycles. The second kappa shape index (κ2) is 5.25. The summed E-state index contributed by atoms with van der Waals surface area (Å²) in [5, 5.41) is 13.4. The molecule has 0 unspecified atom stereocenters. The van der Waals surface area contributed by atoms with E-state index >= 15 is 0 Å². The molecule has 0 saturated carbocycles. The van der Waals surface area contributed by atoms with Gasteiger partial charge in [-0.2, -0.15) is 5.10 Å². The maximum absolute atomic E-state index is 12.2. The van der Waals surface area contributed by atoms with Crippen molar-refractivity contribution in [3.05, 3.63) is 41.7 Å². The minimum atomic E-state index is -1.00. The highest BCUT2D eigenvalue weighted by atomic mass is 32.2. The van der Waals surface area contributed by atoms with Crippen LogP contribution in [0.15, 0.2) is 35.4 Å². The zero-order chi connectivity index (χ0) is 15.0. The molecule has 1 amide bonds. The number of amides is 1. The molecular weight excluding hydrogens is 290 g/mol. The second-order valence-electron chi connectivity index (χ2n) is 4.74. The third-order valence-electron chi connectivity index (χ3n) is 3.24. The molecule has 1 aliphatic heterocycles. The summed E-state index contributed by atoms with van der Waals surface area (Å²) in [6.07, 6.45) is 1.81. The molecule has 0 fully saturated rings. The number of carboxylic acids is 1. The van der Waals surface area contributed by atoms with Crippen LogP contribution in [0.3, 0.4) is 0 Å². The fourth-order valence-electron chi connectivity index (χ4n) is 2.22. The van der Waals surface area contributed by atoms with Crippen molar-refractivity contribution in [2.75, 3.05) is 10.7 Å². The number of fused-ring (bicyclic) bond motifs is 1. The van der Waals surface area contributed by atoms with Gasteiger partial charge in [0.15, 0.2) is 0 Å². The molecule has 1 aromatic carbocycles. The number of aryl methyl sites for hydroxylation is 1. The lowest BCUT2D eigenvalue weighted by molar-refractivity contribution is -0.116. The predicted molar refractivity (Wildman–Crippen MR) is 78.5 cm³/mol. The molecular formula is C14H13N3O3S. The van der Waals surface area contributed by atoms with Crippen LogP contribution in [0.1, 0.15) is 16.1 Å². The Bertz CT molecular complexity index is 726. The van der Waals surface area contributed by atoms with Crippen molar-refractivity contribution in [3.63, 3.8) is 0 Å². The summed E-state index contributed by atoms with van der Waals surface area (Å²) in [4.78, 5) is 25.8. The molecule has 2 heterocycles. The van der Waals surface area contributed by atoms with Crippen molar-refractivity contribution in [1.29, 1.82) is 0 Å². The number of aromatic nitrogens is 2. The van der Waals surface area contributed by atoms with E-state index in [1.165, 1.54) is 11.8 Å². The average Bonchev–Trinajstić information content (AvgIpc) is 2.87. The van der Waals surface area contributed by atoms with Crippen LogP contribution in [0.2, 0.25) is 0 Å². The largest absolute Gasteiger partial charge is 0.478 e. The molecule has 1 N–H and O–H groups in total. The first-order valence-electron chi connectivity index (χ1n) is 6.33. The van der Waals surface area contributed by atoms with Crippen LogP contribution in [-0.2, 0) is 18.4 Å². The molecule has 0 atom stereocenters. The quantitative estimate of drug-likeness (QED) is 0.935. The number of carbonyl (C=O) groups is 2. The fraction of sp³-hybridized carbons (Fsp3) is 0.214. The number of carbonyl (C=O) groups excluding carboxylic acids is 1. The standard InChI is InChI=1S/C14H13N3O3S/c1-16-5-4-10(15-16)7-17-11-6-9(14(19)20)2-3-12(11)21-8-13(17)18/h2-6H,7-8H2,1H3,(H,19,20). The summed E-state index contributed by atoms with van der Waals surface area (Å²) in [5.74, 6) is -0.689. The van der Waals surface area contributed by atoms with Crippen LogP contribution >= 0.6 is 11.8 Å². The SMILES string of the molecule is Cn1ccc(CN2C(=O)CSc3ccc(C(=O)O)cc32)n1. The summed E-state index contributed by atoms with van der Waals surface area (Å²) in [6.45, 7) is 0.344. The first-order valence-corrected chi connectivity index (χ1v) is 7.32. The third kappa shape index (κ3) is 2.64. The summed E-state index contributed by atoms with van der Waals surface area (Å²) in [5.41, 5.74) is 1.58. The van der Waals surface area contributed by atoms with E-state index in [1.807, 2.05) is 19.3 Å². The van der Waals surface area contributed by atoms with E-state index in [1.54, 1.807) is 27.8 Å². The molecule has 108 valence electrons. The molecule has 0 aliphatic carbocycles. The number of benzene rings is 1. The Balaban J connectivity index is 1.99. The van der Waals surface area contributed by atoms with E-state index in [2.05, 4.69) is 5.10 Å². The lowest BCUT2D eigenvalue weighted by atomic mass is 10.1. The summed E-state index contributed by atoms with van der Waals surface area (Å²) in [6, 6.07) is 6.70. The van der Waals surface area contributed by atoms with Crippen molar-refractivity contribution in [1.82, 2.24) is 9.78 Å². The molecule has 3 rings (SSSR count). The van der Waals surface area contributed by atoms with Gasteiger partial charge >= 0.3 is 5.97 Å². The summed E-state index contributed by atoms with van der Waals surface area (Å²) >= 11 is 1.43. The zero-order valence-electron chi connectivity index (χ0n) is 11.3. The highest BCUT2D eigenvalue weighted by Gasteiger charge is 2.26. The van der Waals surface area contributed by atoms with Gasteiger partial charge in [-0.25, -0.2) is 4.79 Å². The molecule has 6 nitrogen and oxygen atoms in total. The van der Waals surface area contributed by atoms with Gasteiger partial charge in [0.05, 0.1) is 29.2 Å². The Morgan fingerprint density at radius 2 is 2.24 bits per heavy atom. The van der Waals surface area contributed by atoms with Crippen LogP contribution in [0, 0.1) is 0 Å². The number of rotatable bonds is 3. The van der Waals surface area contributed by atoms with Crippen molar-refractivity contribution in [2.24, 2.45) is 7.05 Å². The van der Waals surface area contributed by atoms with Crippen LogP contribution < -0.4 is 4.90 Å². The van der Waals surface area contributed by atoms with E-state index in [0.29, 0.717) is 18.0 Å². The van der Waals surface area contributed by atoms with Gasteiger partial charge in [-0.15, -0.1) is 11.8 Å². The lowest BCUT2D eigenvalue weighted by Gasteiger charge is -2.28. The Kier molecular flexibility index (Phi) is 3.42. The van der Waals surface area contributed by atoms with Gasteiger partial charge in [0.1, 0.15) is 0 Å². The maximum atomic E-state index is 12.2. The molecule has 2 aromatic rings. The number of nitrogens with zero attached hydrogens (tertiary/aromatic N) is 3. The highest BCUT2D eigenvalue weighted by molar-refractivity contribution is 8.00. The van der Waals surface area contributed by atoms with Crippen LogP contribution in [0.4, 0.5) is 5.69 Å². The number of aromatic carboxylic acids is 1. The number of hydrogen-bond donors (Lipinski definition) is 1. The molecule has 0 spiro atoms. The van der Waals surface area contributed by atoms with Crippen LogP contribution in [0.25, 0.3) is 0 Å². The van der Waals surface area contributed by atoms with Gasteiger partial charge in [-0.3, -0.25) is 9.48 Å². The van der Waals surface area contributed by atoms with E-state index in [-0.39, 0.29) is 11.5 Å². The smallest absolute Gasteiger partial charge is 0.335 e. The Morgan fingerprint density at radius 3 is 2.90 bits per heavy atom. The average molecular weight is 303 g/mol. The molecule has 21 heavy (non-hydrogen) atoms. The monoisotopic (exact) mass is 303 g/mol. The topological polar surface area (TPSA) is 75.4 Å². The first-order chi connectivity index (χ1) is 10.0. The Labute approximate surface area is 125 Å². The number of carboxylic acid groups (broad SMARTS) is 1. The van der Waals surface area contributed by atoms with E-state index in [9.17, 15) is 9.59 Å². The molecule has 7 heteroatoms. The fourth-order valence-corrected chi connectivity index (χ4v) is 3.13. The van der Waals surface area contributed by atoms with Crippen molar-refractivity contribution in [2.45, 2.75) is 11.4 Å². The molecule has 1 aromatic heterocycles. The zero-order valence-corrected chi connectivity index (χ0v) is 12.1. The normalized spacial score (nSPS) is 14.1. The Hall–Kier alpha value is -2.28. The Morgan fingerprint density at radius 1 is 1.43 bits per heavy atom. The van der Waals surface area contributed by atoms with E-state index < -0.39 is 5.97 Å². The lowest BCUT2D eigenvalue weighted by Crippen LogP contribution is -2.35. The van der Waals surface area contributed by atoms with Crippen LogP contribution in [-0.4, -0.2) is 32.5 Å².